The van der Waals surface area contributed by atoms with Gasteiger partial charge in [0.15, 0.2) is 0 Å². The van der Waals surface area contributed by atoms with Gasteiger partial charge >= 0.3 is 0 Å². The normalized spacial score (nSPS) is 12.3. The van der Waals surface area contributed by atoms with Crippen molar-refractivity contribution in [3.63, 3.8) is 0 Å². The van der Waals surface area contributed by atoms with Crippen LogP contribution in [0.5, 0.6) is 0 Å². The Morgan fingerprint density at radius 1 is 1.13 bits per heavy atom. The van der Waals surface area contributed by atoms with E-state index in [1.54, 1.807) is 4.68 Å². The van der Waals surface area contributed by atoms with E-state index in [9.17, 15) is 4.79 Å². The molecule has 0 unspecified atom stereocenters. The standard InChI is InChI=1S/C19H21N3O/c1-13-8-10-16(11-9-13)12-20-19(23)15(3)22-18-7-5-4-6-17(18)14(2)21-22/h4-11,15H,12H2,1-3H3,(H,20,23)/t15-/m1/s1. The second kappa shape index (κ2) is 6.24. The summed E-state index contributed by atoms with van der Waals surface area (Å²) in [7, 11) is 0. The molecule has 23 heavy (non-hydrogen) atoms. The number of nitrogens with one attached hydrogen (secondary N) is 1. The number of carbonyl (C=O) groups excluding carboxylic acids is 1. The molecule has 1 atom stereocenters. The van der Waals surface area contributed by atoms with Crippen LogP contribution < -0.4 is 5.32 Å². The quantitative estimate of drug-likeness (QED) is 0.801. The first kappa shape index (κ1) is 15.3. The SMILES string of the molecule is Cc1ccc(CNC(=O)[C@@H](C)n2nc(C)c3ccccc32)cc1. The highest BCUT2D eigenvalue weighted by atomic mass is 16.2. The Morgan fingerprint density at radius 3 is 2.57 bits per heavy atom. The lowest BCUT2D eigenvalue weighted by molar-refractivity contribution is -0.124. The lowest BCUT2D eigenvalue weighted by atomic mass is 10.1. The van der Waals surface area contributed by atoms with E-state index in [1.807, 2.05) is 50.2 Å². The molecule has 1 N–H and O–H groups in total. The van der Waals surface area contributed by atoms with Gasteiger partial charge in [-0.25, -0.2) is 0 Å². The van der Waals surface area contributed by atoms with E-state index in [0.29, 0.717) is 6.54 Å². The number of rotatable bonds is 4. The molecule has 3 rings (SSSR count). The molecule has 0 spiro atoms. The van der Waals surface area contributed by atoms with Crippen molar-refractivity contribution in [1.29, 1.82) is 0 Å². The number of hydrogen-bond donors (Lipinski definition) is 1. The molecule has 4 heteroatoms. The molecule has 1 heterocycles. The number of carbonyl (C=O) groups is 1. The molecule has 3 aromatic rings. The first-order valence-electron chi connectivity index (χ1n) is 7.83. The molecule has 118 valence electrons. The summed E-state index contributed by atoms with van der Waals surface area (Å²) in [5.74, 6) is -0.0289. The molecule has 0 aliphatic rings. The first-order chi connectivity index (χ1) is 11.1. The smallest absolute Gasteiger partial charge is 0.244 e. The summed E-state index contributed by atoms with van der Waals surface area (Å²) >= 11 is 0. The monoisotopic (exact) mass is 307 g/mol. The van der Waals surface area contributed by atoms with Gasteiger partial charge < -0.3 is 5.32 Å². The van der Waals surface area contributed by atoms with E-state index in [1.165, 1.54) is 5.56 Å². The predicted molar refractivity (Wildman–Crippen MR) is 92.2 cm³/mol. The van der Waals surface area contributed by atoms with Gasteiger partial charge in [0.05, 0.1) is 11.2 Å². The average Bonchev–Trinajstić information content (AvgIpc) is 2.91. The van der Waals surface area contributed by atoms with Gasteiger partial charge in [0.25, 0.3) is 0 Å². The summed E-state index contributed by atoms with van der Waals surface area (Å²) < 4.78 is 1.80. The summed E-state index contributed by atoms with van der Waals surface area (Å²) in [6.07, 6.45) is 0. The van der Waals surface area contributed by atoms with Gasteiger partial charge in [-0.2, -0.15) is 5.10 Å². The lowest BCUT2D eigenvalue weighted by Crippen LogP contribution is -2.31. The highest BCUT2D eigenvalue weighted by Crippen LogP contribution is 2.21. The van der Waals surface area contributed by atoms with E-state index < -0.39 is 0 Å². The molecule has 0 fully saturated rings. The van der Waals surface area contributed by atoms with Crippen molar-refractivity contribution in [1.82, 2.24) is 15.1 Å². The summed E-state index contributed by atoms with van der Waals surface area (Å²) in [5, 5.41) is 8.61. The number of benzene rings is 2. The Kier molecular flexibility index (Phi) is 4.15. The molecule has 4 nitrogen and oxygen atoms in total. The Labute approximate surface area is 136 Å². The van der Waals surface area contributed by atoms with Crippen molar-refractivity contribution < 1.29 is 4.79 Å². The van der Waals surface area contributed by atoms with Crippen molar-refractivity contribution >= 4 is 16.8 Å². The summed E-state index contributed by atoms with van der Waals surface area (Å²) in [6.45, 7) is 6.43. The molecule has 2 aromatic carbocycles. The number of aromatic nitrogens is 2. The van der Waals surface area contributed by atoms with Crippen LogP contribution >= 0.6 is 0 Å². The first-order valence-corrected chi connectivity index (χ1v) is 7.83. The predicted octanol–water partition coefficient (Wildman–Crippen LogP) is 3.53. The Morgan fingerprint density at radius 2 is 1.83 bits per heavy atom. The minimum Gasteiger partial charge on any atom is -0.350 e. The Balaban J connectivity index is 1.75. The highest BCUT2D eigenvalue weighted by molar-refractivity contribution is 5.86. The zero-order valence-electron chi connectivity index (χ0n) is 13.7. The fraction of sp³-hybridized carbons (Fsp3) is 0.263. The second-order valence-corrected chi connectivity index (χ2v) is 5.93. The molecule has 0 saturated carbocycles. The minimum absolute atomic E-state index is 0.0289. The van der Waals surface area contributed by atoms with Crippen LogP contribution in [0.2, 0.25) is 0 Å². The number of nitrogens with zero attached hydrogens (tertiary/aromatic N) is 2. The van der Waals surface area contributed by atoms with Crippen molar-refractivity contribution in [3.05, 3.63) is 65.4 Å². The largest absolute Gasteiger partial charge is 0.350 e. The molecule has 0 bridgehead atoms. The van der Waals surface area contributed by atoms with Crippen LogP contribution in [0.4, 0.5) is 0 Å². The fourth-order valence-corrected chi connectivity index (χ4v) is 2.70. The number of hydrogen-bond acceptors (Lipinski definition) is 2. The third-order valence-corrected chi connectivity index (χ3v) is 4.13. The van der Waals surface area contributed by atoms with E-state index in [-0.39, 0.29) is 11.9 Å². The van der Waals surface area contributed by atoms with Crippen molar-refractivity contribution in [2.75, 3.05) is 0 Å². The summed E-state index contributed by atoms with van der Waals surface area (Å²) in [4.78, 5) is 12.5. The molecule has 0 aliphatic carbocycles. The average molecular weight is 307 g/mol. The molecule has 0 radical (unpaired) electrons. The molecule has 0 aliphatic heterocycles. The zero-order chi connectivity index (χ0) is 16.4. The minimum atomic E-state index is -0.348. The van der Waals surface area contributed by atoms with Gasteiger partial charge in [-0.1, -0.05) is 48.0 Å². The zero-order valence-corrected chi connectivity index (χ0v) is 13.7. The van der Waals surface area contributed by atoms with E-state index in [0.717, 1.165) is 22.2 Å². The maximum absolute atomic E-state index is 12.5. The van der Waals surface area contributed by atoms with Crippen molar-refractivity contribution in [2.24, 2.45) is 0 Å². The third-order valence-electron chi connectivity index (χ3n) is 4.13. The maximum atomic E-state index is 12.5. The maximum Gasteiger partial charge on any atom is 0.244 e. The van der Waals surface area contributed by atoms with E-state index in [2.05, 4.69) is 29.5 Å². The van der Waals surface area contributed by atoms with Gasteiger partial charge in [-0.05, 0) is 32.4 Å². The van der Waals surface area contributed by atoms with E-state index >= 15 is 0 Å². The molecule has 0 saturated heterocycles. The van der Waals surface area contributed by atoms with Crippen LogP contribution in [0, 0.1) is 13.8 Å². The second-order valence-electron chi connectivity index (χ2n) is 5.93. The number of para-hydroxylation sites is 1. The molecule has 1 amide bonds. The number of aryl methyl sites for hydroxylation is 2. The van der Waals surface area contributed by atoms with Crippen LogP contribution in [-0.2, 0) is 11.3 Å². The van der Waals surface area contributed by atoms with Crippen LogP contribution in [0.3, 0.4) is 0 Å². The Hall–Kier alpha value is -2.62. The van der Waals surface area contributed by atoms with E-state index in [4.69, 9.17) is 0 Å². The fourth-order valence-electron chi connectivity index (χ4n) is 2.70. The van der Waals surface area contributed by atoms with Crippen LogP contribution in [0.25, 0.3) is 10.9 Å². The van der Waals surface area contributed by atoms with Crippen molar-refractivity contribution in [3.8, 4) is 0 Å². The summed E-state index contributed by atoms with van der Waals surface area (Å²) in [5.41, 5.74) is 4.24. The van der Waals surface area contributed by atoms with Crippen molar-refractivity contribution in [2.45, 2.75) is 33.4 Å². The number of amides is 1. The molecular weight excluding hydrogens is 286 g/mol. The number of fused-ring (bicyclic) bond motifs is 1. The molecule has 1 aromatic heterocycles. The third kappa shape index (κ3) is 3.11. The van der Waals surface area contributed by atoms with Gasteiger partial charge in [-0.3, -0.25) is 9.48 Å². The van der Waals surface area contributed by atoms with Crippen LogP contribution in [0.1, 0.15) is 29.8 Å². The van der Waals surface area contributed by atoms with Gasteiger partial charge in [0, 0.05) is 11.9 Å². The summed E-state index contributed by atoms with van der Waals surface area (Å²) in [6, 6.07) is 15.8. The van der Waals surface area contributed by atoms with Crippen LogP contribution in [-0.4, -0.2) is 15.7 Å². The lowest BCUT2D eigenvalue weighted by Gasteiger charge is -2.14. The van der Waals surface area contributed by atoms with Crippen LogP contribution in [0.15, 0.2) is 48.5 Å². The van der Waals surface area contributed by atoms with Gasteiger partial charge in [-0.15, -0.1) is 0 Å². The molecular formula is C19H21N3O. The Bertz CT molecular complexity index is 833. The topological polar surface area (TPSA) is 46.9 Å². The highest BCUT2D eigenvalue weighted by Gasteiger charge is 2.18. The van der Waals surface area contributed by atoms with Gasteiger partial charge in [0.2, 0.25) is 5.91 Å². The van der Waals surface area contributed by atoms with Gasteiger partial charge in [0.1, 0.15) is 6.04 Å².